The molecular formula is C21H19ClN2O5. The molecule has 29 heavy (non-hydrogen) atoms. The van der Waals surface area contributed by atoms with Crippen LogP contribution in [0.4, 0.5) is 0 Å². The third-order valence-corrected chi connectivity index (χ3v) is 5.34. The minimum Gasteiger partial charge on any atom is -0.476 e. The molecule has 7 nitrogen and oxygen atoms in total. The highest BCUT2D eigenvalue weighted by molar-refractivity contribution is 6.33. The van der Waals surface area contributed by atoms with E-state index in [-0.39, 0.29) is 12.0 Å². The Bertz CT molecular complexity index is 1140. The number of rotatable bonds is 4. The average Bonchev–Trinajstić information content (AvgIpc) is 2.73. The summed E-state index contributed by atoms with van der Waals surface area (Å²) in [6, 6.07) is 5.59. The van der Waals surface area contributed by atoms with Gasteiger partial charge in [0.25, 0.3) is 0 Å². The van der Waals surface area contributed by atoms with E-state index in [1.165, 1.54) is 7.11 Å². The van der Waals surface area contributed by atoms with Crippen molar-refractivity contribution in [1.82, 2.24) is 9.88 Å². The second-order valence-electron chi connectivity index (χ2n) is 6.90. The van der Waals surface area contributed by atoms with Crippen LogP contribution in [0.2, 0.25) is 5.02 Å². The maximum absolute atomic E-state index is 12.6. The third kappa shape index (κ3) is 3.71. The smallest absolute Gasteiger partial charge is 0.340 e. The van der Waals surface area contributed by atoms with Crippen molar-refractivity contribution < 1.29 is 18.7 Å². The minimum atomic E-state index is -0.559. The molecule has 0 fully saturated rings. The quantitative estimate of drug-likeness (QED) is 0.479. The third-order valence-electron chi connectivity index (χ3n) is 5.06. The first-order valence-electron chi connectivity index (χ1n) is 9.06. The van der Waals surface area contributed by atoms with Gasteiger partial charge in [-0.2, -0.15) is 0 Å². The summed E-state index contributed by atoms with van der Waals surface area (Å²) in [5, 5.41) is 1.12. The fourth-order valence-electron chi connectivity index (χ4n) is 3.53. The number of fused-ring (bicyclic) bond motifs is 3. The van der Waals surface area contributed by atoms with Gasteiger partial charge in [0, 0.05) is 30.9 Å². The number of hydrogen-bond donors (Lipinski definition) is 0. The zero-order chi connectivity index (χ0) is 20.5. The first kappa shape index (κ1) is 19.4. The number of ether oxygens (including phenoxy) is 2. The van der Waals surface area contributed by atoms with Gasteiger partial charge in [-0.15, -0.1) is 0 Å². The molecule has 2 aromatic heterocycles. The standard InChI is InChI=1S/C21H19ClN2O5/c1-12-14-7-17(22)20-16(19(14)29-21(26)15(12)8-18(25)27-2)10-24(11-28-20)9-13-3-5-23-6-4-13/h3-7H,8-11H2,1-2H3. The number of carbonyl (C=O) groups excluding carboxylic acids is 1. The molecule has 3 aromatic rings. The number of pyridine rings is 1. The van der Waals surface area contributed by atoms with Gasteiger partial charge in [-0.25, -0.2) is 4.79 Å². The molecule has 8 heteroatoms. The Morgan fingerprint density at radius 1 is 1.34 bits per heavy atom. The predicted octanol–water partition coefficient (Wildman–Crippen LogP) is 3.22. The molecule has 3 heterocycles. The highest BCUT2D eigenvalue weighted by atomic mass is 35.5. The number of esters is 1. The van der Waals surface area contributed by atoms with E-state index >= 15 is 0 Å². The zero-order valence-corrected chi connectivity index (χ0v) is 16.8. The van der Waals surface area contributed by atoms with Crippen molar-refractivity contribution in [2.75, 3.05) is 13.8 Å². The molecule has 150 valence electrons. The molecule has 1 aliphatic heterocycles. The van der Waals surface area contributed by atoms with E-state index in [0.29, 0.717) is 47.1 Å². The number of carbonyl (C=O) groups is 1. The first-order valence-corrected chi connectivity index (χ1v) is 9.44. The topological polar surface area (TPSA) is 81.9 Å². The molecule has 0 atom stereocenters. The molecule has 0 aliphatic carbocycles. The Morgan fingerprint density at radius 2 is 2.10 bits per heavy atom. The Kier molecular flexibility index (Phi) is 5.25. The number of nitrogens with zero attached hydrogens (tertiary/aromatic N) is 2. The lowest BCUT2D eigenvalue weighted by molar-refractivity contribution is -0.139. The Labute approximate surface area is 171 Å². The fourth-order valence-corrected chi connectivity index (χ4v) is 3.80. The summed E-state index contributed by atoms with van der Waals surface area (Å²) < 4.78 is 16.2. The van der Waals surface area contributed by atoms with Gasteiger partial charge in [0.2, 0.25) is 0 Å². The molecule has 1 aliphatic rings. The summed E-state index contributed by atoms with van der Waals surface area (Å²) in [7, 11) is 1.28. The van der Waals surface area contributed by atoms with Gasteiger partial charge in [-0.05, 0) is 36.2 Å². The lowest BCUT2D eigenvalue weighted by Gasteiger charge is -2.30. The summed E-state index contributed by atoms with van der Waals surface area (Å²) in [6.07, 6.45) is 3.33. The number of methoxy groups -OCH3 is 1. The van der Waals surface area contributed by atoms with Crippen molar-refractivity contribution in [2.24, 2.45) is 0 Å². The Morgan fingerprint density at radius 3 is 2.83 bits per heavy atom. The van der Waals surface area contributed by atoms with Crippen molar-refractivity contribution >= 4 is 28.5 Å². The number of aryl methyl sites for hydroxylation is 1. The summed E-state index contributed by atoms with van der Waals surface area (Å²) >= 11 is 6.46. The van der Waals surface area contributed by atoms with Crippen LogP contribution in [0.25, 0.3) is 11.0 Å². The molecular weight excluding hydrogens is 396 g/mol. The van der Waals surface area contributed by atoms with E-state index in [9.17, 15) is 9.59 Å². The maximum atomic E-state index is 12.6. The van der Waals surface area contributed by atoms with Crippen LogP contribution in [0.1, 0.15) is 22.3 Å². The number of aromatic nitrogens is 1. The van der Waals surface area contributed by atoms with Crippen LogP contribution in [0.3, 0.4) is 0 Å². The molecule has 0 saturated carbocycles. The number of hydrogen-bond acceptors (Lipinski definition) is 7. The monoisotopic (exact) mass is 414 g/mol. The fraction of sp³-hybridized carbons (Fsp3) is 0.286. The van der Waals surface area contributed by atoms with Crippen LogP contribution in [-0.4, -0.2) is 29.7 Å². The average molecular weight is 415 g/mol. The molecule has 1 aromatic carbocycles. The van der Waals surface area contributed by atoms with Gasteiger partial charge in [0.05, 0.1) is 29.7 Å². The summed E-state index contributed by atoms with van der Waals surface area (Å²) in [6.45, 7) is 3.30. The van der Waals surface area contributed by atoms with E-state index in [1.54, 1.807) is 25.4 Å². The van der Waals surface area contributed by atoms with Gasteiger partial charge in [0.1, 0.15) is 18.1 Å². The largest absolute Gasteiger partial charge is 0.476 e. The molecule has 0 N–H and O–H groups in total. The number of benzene rings is 1. The molecule has 0 radical (unpaired) electrons. The second-order valence-corrected chi connectivity index (χ2v) is 7.31. The van der Waals surface area contributed by atoms with Crippen molar-refractivity contribution in [2.45, 2.75) is 26.4 Å². The van der Waals surface area contributed by atoms with Gasteiger partial charge in [-0.3, -0.25) is 14.7 Å². The van der Waals surface area contributed by atoms with Gasteiger partial charge < -0.3 is 13.9 Å². The normalized spacial score (nSPS) is 13.8. The molecule has 0 unspecified atom stereocenters. The van der Waals surface area contributed by atoms with Crippen molar-refractivity contribution in [1.29, 1.82) is 0 Å². The van der Waals surface area contributed by atoms with E-state index in [2.05, 4.69) is 14.6 Å². The highest BCUT2D eigenvalue weighted by Crippen LogP contribution is 2.40. The summed E-state index contributed by atoms with van der Waals surface area (Å²) in [5.74, 6) is 0.0177. The lowest BCUT2D eigenvalue weighted by atomic mass is 10.00. The van der Waals surface area contributed by atoms with Crippen LogP contribution in [0, 0.1) is 6.92 Å². The second kappa shape index (κ2) is 7.85. The molecule has 0 saturated heterocycles. The van der Waals surface area contributed by atoms with Crippen LogP contribution in [0.15, 0.2) is 39.8 Å². The number of halogens is 1. The first-order chi connectivity index (χ1) is 14.0. The van der Waals surface area contributed by atoms with E-state index in [0.717, 1.165) is 11.1 Å². The van der Waals surface area contributed by atoms with Crippen LogP contribution in [-0.2, 0) is 29.0 Å². The van der Waals surface area contributed by atoms with Crippen molar-refractivity contribution in [3.8, 4) is 5.75 Å². The van der Waals surface area contributed by atoms with Crippen LogP contribution in [0.5, 0.6) is 5.75 Å². The van der Waals surface area contributed by atoms with E-state index < -0.39 is 11.6 Å². The Hall–Kier alpha value is -2.90. The van der Waals surface area contributed by atoms with Gasteiger partial charge >= 0.3 is 11.6 Å². The van der Waals surface area contributed by atoms with Crippen LogP contribution < -0.4 is 10.4 Å². The summed E-state index contributed by atoms with van der Waals surface area (Å²) in [5.41, 5.74) is 2.61. The molecule has 0 bridgehead atoms. The predicted molar refractivity (Wildman–Crippen MR) is 107 cm³/mol. The van der Waals surface area contributed by atoms with E-state index in [1.807, 2.05) is 12.1 Å². The SMILES string of the molecule is COC(=O)Cc1c(C)c2cc(Cl)c3c(c2oc1=O)CN(Cc1ccncc1)CO3. The Balaban J connectivity index is 1.77. The van der Waals surface area contributed by atoms with Gasteiger partial charge in [0.15, 0.2) is 0 Å². The van der Waals surface area contributed by atoms with Crippen molar-refractivity contribution in [3.63, 3.8) is 0 Å². The highest BCUT2D eigenvalue weighted by Gasteiger charge is 2.26. The molecule has 0 spiro atoms. The van der Waals surface area contributed by atoms with E-state index in [4.69, 9.17) is 20.8 Å². The lowest BCUT2D eigenvalue weighted by Crippen LogP contribution is -2.32. The van der Waals surface area contributed by atoms with Gasteiger partial charge in [-0.1, -0.05) is 11.6 Å². The zero-order valence-electron chi connectivity index (χ0n) is 16.0. The van der Waals surface area contributed by atoms with Crippen molar-refractivity contribution in [3.05, 3.63) is 68.3 Å². The maximum Gasteiger partial charge on any atom is 0.340 e. The summed E-state index contributed by atoms with van der Waals surface area (Å²) in [4.78, 5) is 30.4. The molecule has 4 rings (SSSR count). The minimum absolute atomic E-state index is 0.153. The molecule has 0 amide bonds. The van der Waals surface area contributed by atoms with Crippen LogP contribution >= 0.6 is 11.6 Å².